The average molecular weight is 864 g/mol. The molecule has 0 fully saturated rings. The standard InChI is InChI=1S/C51H93NO9/c1-7-9-11-13-15-17-19-21-23-24-25-27-28-30-32-34-36-38-40-48(59-44(4)54)51(61-46(6)56)50(60-45(5)55)47(42-58-43(3)53)52-49(57)41-39-37-35-33-31-29-26-22-20-18-16-14-12-10-8-2/h13,15,47-48,50-51H,7-12,14,16-42H2,1-6H3,(H,52,57). The highest BCUT2D eigenvalue weighted by Gasteiger charge is 2.42. The van der Waals surface area contributed by atoms with Gasteiger partial charge in [-0.2, -0.15) is 0 Å². The molecule has 61 heavy (non-hydrogen) atoms. The van der Waals surface area contributed by atoms with E-state index in [4.69, 9.17) is 18.9 Å². The lowest BCUT2D eigenvalue weighted by Gasteiger charge is -2.36. The Bertz CT molecular complexity index is 1130. The van der Waals surface area contributed by atoms with Gasteiger partial charge in [-0.05, 0) is 38.5 Å². The maximum absolute atomic E-state index is 13.3. The monoisotopic (exact) mass is 864 g/mol. The minimum Gasteiger partial charge on any atom is -0.464 e. The maximum atomic E-state index is 13.3. The van der Waals surface area contributed by atoms with Gasteiger partial charge in [0.2, 0.25) is 5.91 Å². The zero-order valence-corrected chi connectivity index (χ0v) is 40.2. The fourth-order valence-electron chi connectivity index (χ4n) is 7.91. The molecule has 0 bridgehead atoms. The maximum Gasteiger partial charge on any atom is 0.303 e. The van der Waals surface area contributed by atoms with Crippen LogP contribution < -0.4 is 5.32 Å². The highest BCUT2D eigenvalue weighted by molar-refractivity contribution is 5.76. The van der Waals surface area contributed by atoms with E-state index in [9.17, 15) is 24.0 Å². The van der Waals surface area contributed by atoms with E-state index in [2.05, 4.69) is 31.3 Å². The third-order valence-corrected chi connectivity index (χ3v) is 11.3. The highest BCUT2D eigenvalue weighted by atomic mass is 16.6. The topological polar surface area (TPSA) is 134 Å². The van der Waals surface area contributed by atoms with Crippen molar-refractivity contribution in [3.8, 4) is 0 Å². The Kier molecular flexibility index (Phi) is 40.4. The van der Waals surface area contributed by atoms with Crippen LogP contribution in [0.15, 0.2) is 12.2 Å². The lowest BCUT2D eigenvalue weighted by atomic mass is 9.95. The van der Waals surface area contributed by atoms with Crippen LogP contribution in [0, 0.1) is 0 Å². The Balaban J connectivity index is 5.02. The summed E-state index contributed by atoms with van der Waals surface area (Å²) in [7, 11) is 0. The van der Waals surface area contributed by atoms with Crippen molar-refractivity contribution < 1.29 is 42.9 Å². The Labute approximate surface area is 373 Å². The van der Waals surface area contributed by atoms with Gasteiger partial charge < -0.3 is 24.3 Å². The third-order valence-electron chi connectivity index (χ3n) is 11.3. The third kappa shape index (κ3) is 38.5. The van der Waals surface area contributed by atoms with Crippen molar-refractivity contribution in [2.45, 2.75) is 278 Å². The second-order valence-corrected chi connectivity index (χ2v) is 17.4. The van der Waals surface area contributed by atoms with Crippen LogP contribution in [0.5, 0.6) is 0 Å². The zero-order valence-electron chi connectivity index (χ0n) is 40.2. The van der Waals surface area contributed by atoms with Crippen molar-refractivity contribution in [3.63, 3.8) is 0 Å². The van der Waals surface area contributed by atoms with Crippen molar-refractivity contribution in [2.75, 3.05) is 6.61 Å². The second kappa shape index (κ2) is 42.4. The van der Waals surface area contributed by atoms with E-state index in [1.807, 2.05) is 0 Å². The lowest BCUT2D eigenvalue weighted by Crippen LogP contribution is -2.57. The Morgan fingerprint density at radius 1 is 0.426 bits per heavy atom. The molecule has 0 radical (unpaired) electrons. The SMILES string of the molecule is CCCCC=CCCCCCCCCCCCCCCC(OC(C)=O)C(OC(C)=O)C(OC(C)=O)C(COC(C)=O)NC(=O)CCCCCCCCCCCCCCCCC. The summed E-state index contributed by atoms with van der Waals surface area (Å²) in [5, 5.41) is 2.89. The number of hydrogen-bond donors (Lipinski definition) is 1. The molecule has 0 saturated heterocycles. The van der Waals surface area contributed by atoms with Crippen LogP contribution in [-0.2, 0) is 42.9 Å². The normalized spacial score (nSPS) is 13.3. The van der Waals surface area contributed by atoms with E-state index in [0.29, 0.717) is 19.3 Å². The first-order valence-corrected chi connectivity index (χ1v) is 25.1. The molecule has 0 spiro atoms. The summed E-state index contributed by atoms with van der Waals surface area (Å²) >= 11 is 0. The molecule has 0 aromatic heterocycles. The van der Waals surface area contributed by atoms with Gasteiger partial charge >= 0.3 is 23.9 Å². The van der Waals surface area contributed by atoms with Gasteiger partial charge in [0.1, 0.15) is 18.8 Å². The Morgan fingerprint density at radius 3 is 1.23 bits per heavy atom. The summed E-state index contributed by atoms with van der Waals surface area (Å²) in [6, 6.07) is -1.04. The predicted octanol–water partition coefficient (Wildman–Crippen LogP) is 13.3. The molecule has 0 heterocycles. The summed E-state index contributed by atoms with van der Waals surface area (Å²) in [5.41, 5.74) is 0. The number of carbonyl (C=O) groups is 5. The van der Waals surface area contributed by atoms with Gasteiger partial charge in [0.15, 0.2) is 12.2 Å². The number of esters is 4. The molecule has 0 aromatic rings. The van der Waals surface area contributed by atoms with E-state index in [1.54, 1.807) is 0 Å². The molecular formula is C51H93NO9. The molecule has 0 rings (SSSR count). The van der Waals surface area contributed by atoms with Crippen LogP contribution in [0.25, 0.3) is 0 Å². The van der Waals surface area contributed by atoms with Gasteiger partial charge in [0.05, 0.1) is 0 Å². The van der Waals surface area contributed by atoms with Crippen molar-refractivity contribution in [3.05, 3.63) is 12.2 Å². The number of unbranched alkanes of at least 4 members (excludes halogenated alkanes) is 28. The number of allylic oxidation sites excluding steroid dienone is 2. The fraction of sp³-hybridized carbons (Fsp3) is 0.863. The molecule has 10 nitrogen and oxygen atoms in total. The molecule has 0 aromatic carbocycles. The number of carbonyl (C=O) groups excluding carboxylic acids is 5. The first-order chi connectivity index (χ1) is 29.5. The van der Waals surface area contributed by atoms with Gasteiger partial charge in [-0.15, -0.1) is 0 Å². The van der Waals surface area contributed by atoms with Gasteiger partial charge in [0, 0.05) is 34.1 Å². The summed E-state index contributed by atoms with van der Waals surface area (Å²) in [5.74, 6) is -2.80. The smallest absolute Gasteiger partial charge is 0.303 e. The molecular weight excluding hydrogens is 771 g/mol. The van der Waals surface area contributed by atoms with Crippen molar-refractivity contribution >= 4 is 29.8 Å². The zero-order chi connectivity index (χ0) is 45.2. The first kappa shape index (κ1) is 58.1. The summed E-state index contributed by atoms with van der Waals surface area (Å²) in [6.45, 7) is 9.14. The first-order valence-electron chi connectivity index (χ1n) is 25.1. The van der Waals surface area contributed by atoms with Gasteiger partial charge in [-0.3, -0.25) is 24.0 Å². The molecule has 0 saturated carbocycles. The van der Waals surface area contributed by atoms with Gasteiger partial charge in [-0.1, -0.05) is 193 Å². The molecule has 1 N–H and O–H groups in total. The van der Waals surface area contributed by atoms with E-state index in [0.717, 1.165) is 38.5 Å². The van der Waals surface area contributed by atoms with Crippen molar-refractivity contribution in [2.24, 2.45) is 0 Å². The van der Waals surface area contributed by atoms with E-state index >= 15 is 0 Å². The van der Waals surface area contributed by atoms with E-state index in [-0.39, 0.29) is 18.9 Å². The van der Waals surface area contributed by atoms with E-state index in [1.165, 1.54) is 175 Å². The van der Waals surface area contributed by atoms with Crippen LogP contribution >= 0.6 is 0 Å². The quantitative estimate of drug-likeness (QED) is 0.0275. The Morgan fingerprint density at radius 2 is 0.803 bits per heavy atom. The number of rotatable bonds is 43. The van der Waals surface area contributed by atoms with Crippen molar-refractivity contribution in [1.82, 2.24) is 5.32 Å². The number of hydrogen-bond acceptors (Lipinski definition) is 9. The van der Waals surface area contributed by atoms with Crippen molar-refractivity contribution in [1.29, 1.82) is 0 Å². The highest BCUT2D eigenvalue weighted by Crippen LogP contribution is 2.23. The van der Waals surface area contributed by atoms with Crippen LogP contribution in [0.2, 0.25) is 0 Å². The molecule has 0 aliphatic heterocycles. The number of ether oxygens (including phenoxy) is 4. The minimum absolute atomic E-state index is 0.241. The molecule has 0 aliphatic rings. The Hall–Kier alpha value is -2.91. The fourth-order valence-corrected chi connectivity index (χ4v) is 7.91. The largest absolute Gasteiger partial charge is 0.464 e. The van der Waals surface area contributed by atoms with E-state index < -0.39 is 48.2 Å². The molecule has 10 heteroatoms. The molecule has 356 valence electrons. The molecule has 4 unspecified atom stereocenters. The summed E-state index contributed by atoms with van der Waals surface area (Å²) < 4.78 is 22.5. The van der Waals surface area contributed by atoms with Gasteiger partial charge in [-0.25, -0.2) is 0 Å². The second-order valence-electron chi connectivity index (χ2n) is 17.4. The van der Waals surface area contributed by atoms with Gasteiger partial charge in [0.25, 0.3) is 0 Å². The van der Waals surface area contributed by atoms with Crippen LogP contribution in [0.3, 0.4) is 0 Å². The number of nitrogens with one attached hydrogen (secondary N) is 1. The average Bonchev–Trinajstić information content (AvgIpc) is 3.21. The predicted molar refractivity (Wildman–Crippen MR) is 248 cm³/mol. The van der Waals surface area contributed by atoms with Crippen LogP contribution in [0.4, 0.5) is 0 Å². The summed E-state index contributed by atoms with van der Waals surface area (Å²) in [6.07, 6.45) is 39.0. The molecule has 0 aliphatic carbocycles. The lowest BCUT2D eigenvalue weighted by molar-refractivity contribution is -0.188. The summed E-state index contributed by atoms with van der Waals surface area (Å²) in [4.78, 5) is 62.5. The molecule has 1 amide bonds. The van der Waals surface area contributed by atoms with Crippen LogP contribution in [-0.4, -0.2) is 60.7 Å². The van der Waals surface area contributed by atoms with Crippen LogP contribution in [0.1, 0.15) is 253 Å². The minimum atomic E-state index is -1.28. The number of amides is 1. The molecule has 4 atom stereocenters.